The topological polar surface area (TPSA) is 41.1 Å². The highest BCUT2D eigenvalue weighted by Crippen LogP contribution is 2.18. The quantitative estimate of drug-likeness (QED) is 0.737. The van der Waals surface area contributed by atoms with Crippen LogP contribution in [0.2, 0.25) is 0 Å². The van der Waals surface area contributed by atoms with Gasteiger partial charge in [0.25, 0.3) is 0 Å². The average Bonchev–Trinajstić information content (AvgIpc) is 2.55. The second-order valence-electron chi connectivity index (χ2n) is 5.11. The largest absolute Gasteiger partial charge is 0.334 e. The first-order chi connectivity index (χ1) is 11.1. The molecule has 0 heterocycles. The Bertz CT molecular complexity index is 865. The van der Waals surface area contributed by atoms with Crippen molar-refractivity contribution in [3.05, 3.63) is 77.9 Å². The van der Waals surface area contributed by atoms with Gasteiger partial charge >= 0.3 is 6.03 Å². The van der Waals surface area contributed by atoms with E-state index < -0.39 is 17.7 Å². The lowest BCUT2D eigenvalue weighted by Crippen LogP contribution is -2.28. The predicted molar refractivity (Wildman–Crippen MR) is 86.2 cm³/mol. The Morgan fingerprint density at radius 2 is 1.70 bits per heavy atom. The molecule has 3 rings (SSSR count). The third-order valence-electron chi connectivity index (χ3n) is 3.45. The molecule has 0 aromatic heterocycles. The zero-order chi connectivity index (χ0) is 16.2. The minimum absolute atomic E-state index is 0.0942. The van der Waals surface area contributed by atoms with Crippen molar-refractivity contribution in [3.63, 3.8) is 0 Å². The van der Waals surface area contributed by atoms with Crippen LogP contribution in [0.15, 0.2) is 60.7 Å². The number of amides is 2. The molecule has 0 radical (unpaired) electrons. The highest BCUT2D eigenvalue weighted by Gasteiger charge is 2.07. The van der Waals surface area contributed by atoms with Crippen LogP contribution in [0.25, 0.3) is 10.8 Å². The van der Waals surface area contributed by atoms with Gasteiger partial charge in [-0.15, -0.1) is 0 Å². The highest BCUT2D eigenvalue weighted by molar-refractivity contribution is 5.93. The number of urea groups is 1. The van der Waals surface area contributed by atoms with Crippen LogP contribution in [-0.2, 0) is 6.54 Å². The van der Waals surface area contributed by atoms with Gasteiger partial charge in [0.2, 0.25) is 0 Å². The molecule has 0 saturated carbocycles. The van der Waals surface area contributed by atoms with E-state index in [-0.39, 0.29) is 12.1 Å². The van der Waals surface area contributed by atoms with Crippen molar-refractivity contribution in [2.45, 2.75) is 6.54 Å². The monoisotopic (exact) mass is 312 g/mol. The van der Waals surface area contributed by atoms with E-state index in [0.29, 0.717) is 5.69 Å². The van der Waals surface area contributed by atoms with Crippen molar-refractivity contribution < 1.29 is 13.6 Å². The molecule has 0 saturated heterocycles. The van der Waals surface area contributed by atoms with Crippen molar-refractivity contribution in [2.75, 3.05) is 5.32 Å². The highest BCUT2D eigenvalue weighted by atomic mass is 19.1. The third kappa shape index (κ3) is 3.63. The van der Waals surface area contributed by atoms with E-state index in [0.717, 1.165) is 29.0 Å². The van der Waals surface area contributed by atoms with E-state index >= 15 is 0 Å². The van der Waals surface area contributed by atoms with E-state index in [4.69, 9.17) is 0 Å². The predicted octanol–water partition coefficient (Wildman–Crippen LogP) is 4.44. The average molecular weight is 312 g/mol. The van der Waals surface area contributed by atoms with Crippen LogP contribution < -0.4 is 10.6 Å². The molecule has 0 spiro atoms. The molecule has 0 aliphatic carbocycles. The summed E-state index contributed by atoms with van der Waals surface area (Å²) in [6.07, 6.45) is 0. The van der Waals surface area contributed by atoms with Crippen LogP contribution >= 0.6 is 0 Å². The SMILES string of the molecule is O=C(NCc1cc(F)ccc1F)Nc1ccc2ccccc2c1. The van der Waals surface area contributed by atoms with Gasteiger partial charge in [-0.3, -0.25) is 0 Å². The Hall–Kier alpha value is -2.95. The molecule has 0 fully saturated rings. The summed E-state index contributed by atoms with van der Waals surface area (Å²) < 4.78 is 26.6. The molecular weight excluding hydrogens is 298 g/mol. The third-order valence-corrected chi connectivity index (χ3v) is 3.45. The fourth-order valence-corrected chi connectivity index (χ4v) is 2.30. The molecule has 23 heavy (non-hydrogen) atoms. The van der Waals surface area contributed by atoms with Gasteiger partial charge in [-0.05, 0) is 41.1 Å². The number of nitrogens with one attached hydrogen (secondary N) is 2. The number of carbonyl (C=O) groups is 1. The lowest BCUT2D eigenvalue weighted by molar-refractivity contribution is 0.251. The molecule has 3 nitrogen and oxygen atoms in total. The summed E-state index contributed by atoms with van der Waals surface area (Å²) in [5.41, 5.74) is 0.722. The normalized spacial score (nSPS) is 10.5. The molecule has 5 heteroatoms. The van der Waals surface area contributed by atoms with Gasteiger partial charge in [0.15, 0.2) is 0 Å². The van der Waals surface area contributed by atoms with Crippen LogP contribution in [0.3, 0.4) is 0 Å². The molecular formula is C18H14F2N2O. The molecule has 3 aromatic carbocycles. The van der Waals surface area contributed by atoms with E-state index in [9.17, 15) is 13.6 Å². The number of hydrogen-bond acceptors (Lipinski definition) is 1. The van der Waals surface area contributed by atoms with Gasteiger partial charge in [-0.1, -0.05) is 30.3 Å². The van der Waals surface area contributed by atoms with Gasteiger partial charge < -0.3 is 10.6 Å². The minimum atomic E-state index is -0.558. The summed E-state index contributed by atoms with van der Waals surface area (Å²) in [6.45, 7) is -0.0942. The Morgan fingerprint density at radius 3 is 2.52 bits per heavy atom. The number of rotatable bonds is 3. The smallest absolute Gasteiger partial charge is 0.319 e. The Kier molecular flexibility index (Phi) is 4.19. The van der Waals surface area contributed by atoms with Crippen molar-refractivity contribution in [2.24, 2.45) is 0 Å². The van der Waals surface area contributed by atoms with Crippen LogP contribution in [0.1, 0.15) is 5.56 Å². The molecule has 3 aromatic rings. The van der Waals surface area contributed by atoms with E-state index in [1.807, 2.05) is 36.4 Å². The molecule has 116 valence electrons. The summed E-state index contributed by atoms with van der Waals surface area (Å²) in [6, 6.07) is 16.0. The van der Waals surface area contributed by atoms with Crippen LogP contribution in [0.4, 0.5) is 19.3 Å². The molecule has 0 aliphatic rings. The lowest BCUT2D eigenvalue weighted by Gasteiger charge is -2.09. The van der Waals surface area contributed by atoms with Gasteiger partial charge in [-0.25, -0.2) is 13.6 Å². The van der Waals surface area contributed by atoms with E-state index in [1.165, 1.54) is 0 Å². The van der Waals surface area contributed by atoms with Crippen LogP contribution in [0.5, 0.6) is 0 Å². The standard InChI is InChI=1S/C18H14F2N2O/c19-15-6-8-17(20)14(9-15)11-21-18(23)22-16-7-5-12-3-1-2-4-13(12)10-16/h1-10H,11H2,(H2,21,22,23). The maximum Gasteiger partial charge on any atom is 0.319 e. The first-order valence-electron chi connectivity index (χ1n) is 7.09. The van der Waals surface area contributed by atoms with Crippen molar-refractivity contribution in [1.82, 2.24) is 5.32 Å². The number of halogens is 2. The Morgan fingerprint density at radius 1 is 0.913 bits per heavy atom. The van der Waals surface area contributed by atoms with Crippen LogP contribution in [-0.4, -0.2) is 6.03 Å². The van der Waals surface area contributed by atoms with Gasteiger partial charge in [-0.2, -0.15) is 0 Å². The molecule has 0 atom stereocenters. The summed E-state index contributed by atoms with van der Waals surface area (Å²) in [5.74, 6) is -1.10. The minimum Gasteiger partial charge on any atom is -0.334 e. The molecule has 2 N–H and O–H groups in total. The molecule has 2 amide bonds. The number of hydrogen-bond donors (Lipinski definition) is 2. The second-order valence-corrected chi connectivity index (χ2v) is 5.11. The zero-order valence-corrected chi connectivity index (χ0v) is 12.1. The fourth-order valence-electron chi connectivity index (χ4n) is 2.30. The summed E-state index contributed by atoms with van der Waals surface area (Å²) >= 11 is 0. The molecule has 0 aliphatic heterocycles. The second kappa shape index (κ2) is 6.44. The number of carbonyl (C=O) groups excluding carboxylic acids is 1. The summed E-state index contributed by atoms with van der Waals surface area (Å²) in [4.78, 5) is 11.9. The first kappa shape index (κ1) is 15.0. The van der Waals surface area contributed by atoms with E-state index in [2.05, 4.69) is 10.6 Å². The molecule has 0 bridgehead atoms. The Balaban J connectivity index is 1.65. The summed E-state index contributed by atoms with van der Waals surface area (Å²) in [7, 11) is 0. The number of fused-ring (bicyclic) bond motifs is 1. The van der Waals surface area contributed by atoms with Crippen LogP contribution in [0, 0.1) is 11.6 Å². The maximum absolute atomic E-state index is 13.5. The van der Waals surface area contributed by atoms with Gasteiger partial charge in [0.1, 0.15) is 11.6 Å². The van der Waals surface area contributed by atoms with Crippen molar-refractivity contribution in [1.29, 1.82) is 0 Å². The number of benzene rings is 3. The fraction of sp³-hybridized carbons (Fsp3) is 0.0556. The Labute approximate surface area is 131 Å². The lowest BCUT2D eigenvalue weighted by atomic mass is 10.1. The first-order valence-corrected chi connectivity index (χ1v) is 7.09. The summed E-state index contributed by atoms with van der Waals surface area (Å²) in [5, 5.41) is 7.25. The molecule has 0 unspecified atom stereocenters. The van der Waals surface area contributed by atoms with Crippen molar-refractivity contribution in [3.8, 4) is 0 Å². The maximum atomic E-state index is 13.5. The van der Waals surface area contributed by atoms with Gasteiger partial charge in [0, 0.05) is 17.8 Å². The van der Waals surface area contributed by atoms with E-state index in [1.54, 1.807) is 6.07 Å². The van der Waals surface area contributed by atoms with Gasteiger partial charge in [0.05, 0.1) is 0 Å². The zero-order valence-electron chi connectivity index (χ0n) is 12.1. The van der Waals surface area contributed by atoms with Crippen molar-refractivity contribution >= 4 is 22.5 Å². The number of anilines is 1.